The van der Waals surface area contributed by atoms with Crippen molar-refractivity contribution in [2.24, 2.45) is 5.92 Å². The van der Waals surface area contributed by atoms with Crippen LogP contribution in [0.2, 0.25) is 0 Å². The van der Waals surface area contributed by atoms with Crippen LogP contribution in [0.15, 0.2) is 23.4 Å². The highest BCUT2D eigenvalue weighted by Crippen LogP contribution is 2.25. The van der Waals surface area contributed by atoms with Crippen LogP contribution in [-0.4, -0.2) is 42.5 Å². The molecule has 0 aliphatic carbocycles. The zero-order valence-corrected chi connectivity index (χ0v) is 10.6. The van der Waals surface area contributed by atoms with E-state index in [1.165, 1.54) is 16.6 Å². The van der Waals surface area contributed by atoms with Gasteiger partial charge in [-0.2, -0.15) is 4.31 Å². The second-order valence-corrected chi connectivity index (χ2v) is 6.17. The molecule has 1 aromatic heterocycles. The first-order valence-electron chi connectivity index (χ1n) is 5.77. The van der Waals surface area contributed by atoms with Crippen LogP contribution in [0.3, 0.4) is 0 Å². The smallest absolute Gasteiger partial charge is 0.263 e. The molecule has 2 heterocycles. The Bertz CT molecular complexity index is 521. The number of aliphatic hydroxyl groups is 1. The monoisotopic (exact) mass is 274 g/mol. The van der Waals surface area contributed by atoms with Gasteiger partial charge in [-0.05, 0) is 30.9 Å². The molecule has 1 N–H and O–H groups in total. The lowest BCUT2D eigenvalue weighted by Crippen LogP contribution is -2.30. The Balaban J connectivity index is 2.21. The van der Waals surface area contributed by atoms with E-state index in [1.807, 2.05) is 0 Å². The summed E-state index contributed by atoms with van der Waals surface area (Å²) in [6.45, 7) is 0.707. The van der Waals surface area contributed by atoms with Crippen molar-refractivity contribution in [3.63, 3.8) is 0 Å². The van der Waals surface area contributed by atoms with Gasteiger partial charge in [0.05, 0.1) is 0 Å². The van der Waals surface area contributed by atoms with Crippen molar-refractivity contribution in [3.05, 3.63) is 24.1 Å². The van der Waals surface area contributed by atoms with Crippen LogP contribution in [0, 0.1) is 11.7 Å². The first kappa shape index (κ1) is 13.4. The molecule has 1 fully saturated rings. The third-order valence-electron chi connectivity index (χ3n) is 3.09. The van der Waals surface area contributed by atoms with Gasteiger partial charge < -0.3 is 5.11 Å². The van der Waals surface area contributed by atoms with Crippen LogP contribution in [0.4, 0.5) is 4.39 Å². The Morgan fingerprint density at radius 1 is 1.56 bits per heavy atom. The van der Waals surface area contributed by atoms with Crippen molar-refractivity contribution in [1.29, 1.82) is 0 Å². The highest BCUT2D eigenvalue weighted by Gasteiger charge is 2.34. The van der Waals surface area contributed by atoms with E-state index < -0.39 is 20.9 Å². The van der Waals surface area contributed by atoms with E-state index in [1.54, 1.807) is 0 Å². The lowest BCUT2D eigenvalue weighted by atomic mass is 10.1. The second kappa shape index (κ2) is 5.29. The fraction of sp³-hybridized carbons (Fsp3) is 0.545. The maximum atomic E-state index is 13.5. The summed E-state index contributed by atoms with van der Waals surface area (Å²) in [5.41, 5.74) is 0. The van der Waals surface area contributed by atoms with Gasteiger partial charge >= 0.3 is 0 Å². The van der Waals surface area contributed by atoms with E-state index in [0.29, 0.717) is 25.9 Å². The number of nitrogens with zero attached hydrogens (tertiary/aromatic N) is 2. The Kier molecular flexibility index (Phi) is 3.94. The minimum absolute atomic E-state index is 0.0382. The molecule has 100 valence electrons. The van der Waals surface area contributed by atoms with Gasteiger partial charge in [-0.25, -0.2) is 17.8 Å². The molecule has 0 spiro atoms. The molecule has 1 atom stereocenters. The standard InChI is InChI=1S/C11H15FN2O3S/c12-10-2-1-5-13-11(10)18(16,17)14-6-3-9(8-14)4-7-15/h1-2,5,9,15H,3-4,6-8H2. The molecule has 7 heteroatoms. The Morgan fingerprint density at radius 2 is 2.33 bits per heavy atom. The van der Waals surface area contributed by atoms with Crippen LogP contribution in [0.25, 0.3) is 0 Å². The zero-order chi connectivity index (χ0) is 13.2. The van der Waals surface area contributed by atoms with Crippen LogP contribution < -0.4 is 0 Å². The van der Waals surface area contributed by atoms with Crippen molar-refractivity contribution in [2.75, 3.05) is 19.7 Å². The van der Waals surface area contributed by atoms with E-state index in [9.17, 15) is 12.8 Å². The molecule has 1 aliphatic heterocycles. The Hall–Kier alpha value is -1.05. The molecule has 1 aromatic rings. The minimum Gasteiger partial charge on any atom is -0.396 e. The maximum absolute atomic E-state index is 13.5. The molecule has 1 unspecified atom stereocenters. The van der Waals surface area contributed by atoms with Crippen molar-refractivity contribution >= 4 is 10.0 Å². The third kappa shape index (κ3) is 2.52. The molecule has 18 heavy (non-hydrogen) atoms. The van der Waals surface area contributed by atoms with Gasteiger partial charge in [0.1, 0.15) is 0 Å². The highest BCUT2D eigenvalue weighted by molar-refractivity contribution is 7.89. The van der Waals surface area contributed by atoms with Crippen LogP contribution >= 0.6 is 0 Å². The van der Waals surface area contributed by atoms with E-state index in [-0.39, 0.29) is 12.5 Å². The van der Waals surface area contributed by atoms with E-state index in [0.717, 1.165) is 6.07 Å². The minimum atomic E-state index is -3.86. The van der Waals surface area contributed by atoms with Gasteiger partial charge in [0.2, 0.25) is 5.03 Å². The third-order valence-corrected chi connectivity index (χ3v) is 4.90. The summed E-state index contributed by atoms with van der Waals surface area (Å²) in [4.78, 5) is 3.61. The second-order valence-electron chi connectivity index (χ2n) is 4.32. The Labute approximate surface area is 105 Å². The summed E-state index contributed by atoms with van der Waals surface area (Å²) < 4.78 is 39.0. The number of halogens is 1. The number of aromatic nitrogens is 1. The van der Waals surface area contributed by atoms with Gasteiger partial charge in [-0.15, -0.1) is 0 Å². The number of hydrogen-bond acceptors (Lipinski definition) is 4. The van der Waals surface area contributed by atoms with Gasteiger partial charge in [-0.3, -0.25) is 0 Å². The quantitative estimate of drug-likeness (QED) is 0.873. The highest BCUT2D eigenvalue weighted by atomic mass is 32.2. The fourth-order valence-corrected chi connectivity index (χ4v) is 3.62. The number of aliphatic hydroxyl groups excluding tert-OH is 1. The van der Waals surface area contributed by atoms with E-state index >= 15 is 0 Å². The summed E-state index contributed by atoms with van der Waals surface area (Å²) >= 11 is 0. The van der Waals surface area contributed by atoms with Crippen molar-refractivity contribution in [1.82, 2.24) is 9.29 Å². The van der Waals surface area contributed by atoms with Crippen LogP contribution in [0.1, 0.15) is 12.8 Å². The molecule has 0 aromatic carbocycles. The summed E-state index contributed by atoms with van der Waals surface area (Å²) in [5, 5.41) is 8.32. The Morgan fingerprint density at radius 3 is 3.00 bits per heavy atom. The number of sulfonamides is 1. The lowest BCUT2D eigenvalue weighted by molar-refractivity contribution is 0.259. The van der Waals surface area contributed by atoms with Gasteiger partial charge in [0.25, 0.3) is 10.0 Å². The maximum Gasteiger partial charge on any atom is 0.263 e. The molecule has 0 saturated carbocycles. The summed E-state index contributed by atoms with van der Waals surface area (Å²) in [6.07, 6.45) is 2.52. The first-order chi connectivity index (χ1) is 8.55. The number of pyridine rings is 1. The number of hydrogen-bond donors (Lipinski definition) is 1. The van der Waals surface area contributed by atoms with Crippen molar-refractivity contribution in [2.45, 2.75) is 17.9 Å². The summed E-state index contributed by atoms with van der Waals surface area (Å²) in [6, 6.07) is 2.44. The predicted octanol–water partition coefficient (Wildman–Crippen LogP) is 0.614. The zero-order valence-electron chi connectivity index (χ0n) is 9.79. The van der Waals surface area contributed by atoms with E-state index in [2.05, 4.69) is 4.98 Å². The largest absolute Gasteiger partial charge is 0.396 e. The van der Waals surface area contributed by atoms with Gasteiger partial charge in [0.15, 0.2) is 5.82 Å². The van der Waals surface area contributed by atoms with Gasteiger partial charge in [-0.1, -0.05) is 0 Å². The molecule has 0 bridgehead atoms. The molecule has 0 radical (unpaired) electrons. The average molecular weight is 274 g/mol. The predicted molar refractivity (Wildman–Crippen MR) is 62.8 cm³/mol. The average Bonchev–Trinajstić information content (AvgIpc) is 2.79. The molecule has 1 saturated heterocycles. The van der Waals surface area contributed by atoms with Gasteiger partial charge in [0, 0.05) is 25.9 Å². The summed E-state index contributed by atoms with van der Waals surface area (Å²) in [7, 11) is -3.86. The normalized spacial score (nSPS) is 21.3. The summed E-state index contributed by atoms with van der Waals surface area (Å²) in [5.74, 6) is -0.695. The molecular weight excluding hydrogens is 259 g/mol. The molecule has 0 amide bonds. The molecule has 1 aliphatic rings. The van der Waals surface area contributed by atoms with Crippen molar-refractivity contribution in [3.8, 4) is 0 Å². The topological polar surface area (TPSA) is 70.5 Å². The SMILES string of the molecule is O=S(=O)(c1ncccc1F)N1CCC(CCO)C1. The molecule has 2 rings (SSSR count). The lowest BCUT2D eigenvalue weighted by Gasteiger charge is -2.15. The first-order valence-corrected chi connectivity index (χ1v) is 7.21. The van der Waals surface area contributed by atoms with E-state index in [4.69, 9.17) is 5.11 Å². The molecular formula is C11H15FN2O3S. The van der Waals surface area contributed by atoms with Crippen molar-refractivity contribution < 1.29 is 17.9 Å². The fourth-order valence-electron chi connectivity index (χ4n) is 2.12. The number of rotatable bonds is 4. The van der Waals surface area contributed by atoms with Crippen LogP contribution in [0.5, 0.6) is 0 Å². The van der Waals surface area contributed by atoms with Crippen LogP contribution in [-0.2, 0) is 10.0 Å². The molecule has 5 nitrogen and oxygen atoms in total.